The van der Waals surface area contributed by atoms with E-state index in [2.05, 4.69) is 12.1 Å². The Bertz CT molecular complexity index is 259. The zero-order chi connectivity index (χ0) is 9.52. The van der Waals surface area contributed by atoms with Crippen molar-refractivity contribution in [3.63, 3.8) is 0 Å². The number of rotatable bonds is 5. The Morgan fingerprint density at radius 3 is 2.62 bits per heavy atom. The van der Waals surface area contributed by atoms with Gasteiger partial charge in [0, 0.05) is 6.26 Å². The smallest absolute Gasteiger partial charge is 0.152 e. The highest BCUT2D eigenvalue weighted by atomic mass is 32.2. The van der Waals surface area contributed by atoms with Crippen molar-refractivity contribution in [2.45, 2.75) is 12.8 Å². The lowest BCUT2D eigenvalue weighted by atomic mass is 10.1. The highest BCUT2D eigenvalue weighted by Crippen LogP contribution is 2.02. The minimum absolute atomic E-state index is 0.567. The SMILES string of the molecule is CS(=O)OCCCc1ccccc1. The van der Waals surface area contributed by atoms with Crippen LogP contribution in [0.3, 0.4) is 0 Å². The second-order valence-electron chi connectivity index (χ2n) is 2.81. The average Bonchev–Trinajstić information content (AvgIpc) is 2.14. The first-order valence-corrected chi connectivity index (χ1v) is 5.78. The van der Waals surface area contributed by atoms with Crippen molar-refractivity contribution in [2.75, 3.05) is 12.9 Å². The van der Waals surface area contributed by atoms with E-state index in [1.54, 1.807) is 6.26 Å². The number of hydrogen-bond acceptors (Lipinski definition) is 2. The molecule has 0 heterocycles. The Morgan fingerprint density at radius 1 is 1.31 bits per heavy atom. The zero-order valence-corrected chi connectivity index (χ0v) is 8.55. The largest absolute Gasteiger partial charge is 0.291 e. The number of aryl methyl sites for hydroxylation is 1. The predicted molar refractivity (Wildman–Crippen MR) is 54.8 cm³/mol. The van der Waals surface area contributed by atoms with Crippen LogP contribution in [0.2, 0.25) is 0 Å². The lowest BCUT2D eigenvalue weighted by Crippen LogP contribution is -1.98. The second kappa shape index (κ2) is 5.89. The minimum atomic E-state index is -1.12. The molecule has 0 spiro atoms. The van der Waals surface area contributed by atoms with E-state index in [1.165, 1.54) is 5.56 Å². The predicted octanol–water partition coefficient (Wildman–Crippen LogP) is 1.93. The van der Waals surface area contributed by atoms with Gasteiger partial charge in [-0.25, -0.2) is 4.21 Å². The van der Waals surface area contributed by atoms with Gasteiger partial charge < -0.3 is 0 Å². The van der Waals surface area contributed by atoms with Crippen LogP contribution in [-0.4, -0.2) is 17.1 Å². The molecule has 0 aromatic heterocycles. The highest BCUT2D eigenvalue weighted by molar-refractivity contribution is 7.79. The fraction of sp³-hybridized carbons (Fsp3) is 0.400. The summed E-state index contributed by atoms with van der Waals surface area (Å²) in [4.78, 5) is 0. The molecule has 1 aromatic rings. The first-order chi connectivity index (χ1) is 6.29. The first kappa shape index (κ1) is 10.4. The molecule has 1 rings (SSSR count). The van der Waals surface area contributed by atoms with E-state index in [9.17, 15) is 4.21 Å². The van der Waals surface area contributed by atoms with Gasteiger partial charge in [-0.3, -0.25) is 4.18 Å². The Balaban J connectivity index is 2.17. The van der Waals surface area contributed by atoms with E-state index in [4.69, 9.17) is 4.18 Å². The maximum Gasteiger partial charge on any atom is 0.152 e. The maximum absolute atomic E-state index is 10.5. The van der Waals surface area contributed by atoms with Gasteiger partial charge in [0.1, 0.15) is 0 Å². The zero-order valence-electron chi connectivity index (χ0n) is 7.73. The molecule has 0 fully saturated rings. The third-order valence-electron chi connectivity index (χ3n) is 1.70. The monoisotopic (exact) mass is 198 g/mol. The molecule has 72 valence electrons. The van der Waals surface area contributed by atoms with Gasteiger partial charge in [0.05, 0.1) is 6.61 Å². The summed E-state index contributed by atoms with van der Waals surface area (Å²) in [6.07, 6.45) is 3.45. The van der Waals surface area contributed by atoms with Crippen LogP contribution < -0.4 is 0 Å². The van der Waals surface area contributed by atoms with E-state index >= 15 is 0 Å². The highest BCUT2D eigenvalue weighted by Gasteiger charge is 1.93. The quantitative estimate of drug-likeness (QED) is 0.676. The Labute approximate surface area is 81.6 Å². The molecule has 0 bridgehead atoms. The molecule has 0 radical (unpaired) electrons. The van der Waals surface area contributed by atoms with Crippen molar-refractivity contribution >= 4 is 11.1 Å². The summed E-state index contributed by atoms with van der Waals surface area (Å²) in [6, 6.07) is 10.2. The van der Waals surface area contributed by atoms with Crippen LogP contribution in [0.4, 0.5) is 0 Å². The topological polar surface area (TPSA) is 26.3 Å². The molecule has 1 aromatic carbocycles. The molecule has 13 heavy (non-hydrogen) atoms. The molecule has 3 heteroatoms. The maximum atomic E-state index is 10.5. The van der Waals surface area contributed by atoms with Crippen LogP contribution in [0.25, 0.3) is 0 Å². The molecule has 1 unspecified atom stereocenters. The van der Waals surface area contributed by atoms with Crippen LogP contribution in [0, 0.1) is 0 Å². The van der Waals surface area contributed by atoms with Gasteiger partial charge in [-0.15, -0.1) is 0 Å². The normalized spacial score (nSPS) is 12.7. The summed E-state index contributed by atoms with van der Waals surface area (Å²) in [5.74, 6) is 0. The van der Waals surface area contributed by atoms with E-state index < -0.39 is 11.1 Å². The van der Waals surface area contributed by atoms with E-state index in [1.807, 2.05) is 18.2 Å². The molecule has 0 aliphatic heterocycles. The molecule has 2 nitrogen and oxygen atoms in total. The van der Waals surface area contributed by atoms with Gasteiger partial charge in [0.15, 0.2) is 11.1 Å². The van der Waals surface area contributed by atoms with Crippen molar-refractivity contribution in [3.05, 3.63) is 35.9 Å². The van der Waals surface area contributed by atoms with Gasteiger partial charge in [-0.05, 0) is 18.4 Å². The summed E-state index contributed by atoms with van der Waals surface area (Å²) in [5, 5.41) is 0. The fourth-order valence-corrected chi connectivity index (χ4v) is 1.45. The van der Waals surface area contributed by atoms with Crippen LogP contribution in [-0.2, 0) is 21.7 Å². The molecule has 1 atom stereocenters. The number of hydrogen-bond donors (Lipinski definition) is 0. The number of benzene rings is 1. The van der Waals surface area contributed by atoms with Gasteiger partial charge >= 0.3 is 0 Å². The summed E-state index contributed by atoms with van der Waals surface area (Å²) in [7, 11) is 0. The molecular formula is C10H14O2S. The van der Waals surface area contributed by atoms with Crippen LogP contribution in [0.15, 0.2) is 30.3 Å². The lowest BCUT2D eigenvalue weighted by molar-refractivity contribution is 0.343. The van der Waals surface area contributed by atoms with Gasteiger partial charge in [-0.2, -0.15) is 0 Å². The van der Waals surface area contributed by atoms with Crippen molar-refractivity contribution in [2.24, 2.45) is 0 Å². The Hall–Kier alpha value is -0.670. The van der Waals surface area contributed by atoms with Crippen molar-refractivity contribution in [3.8, 4) is 0 Å². The van der Waals surface area contributed by atoms with Crippen LogP contribution in [0.5, 0.6) is 0 Å². The first-order valence-electron chi connectivity index (χ1n) is 4.29. The molecular weight excluding hydrogens is 184 g/mol. The summed E-state index contributed by atoms with van der Waals surface area (Å²) >= 11 is -1.12. The van der Waals surface area contributed by atoms with Gasteiger partial charge in [-0.1, -0.05) is 30.3 Å². The molecule has 0 saturated heterocycles. The Kier molecular flexibility index (Phi) is 4.72. The van der Waals surface area contributed by atoms with Crippen molar-refractivity contribution < 1.29 is 8.39 Å². The van der Waals surface area contributed by atoms with E-state index in [0.29, 0.717) is 6.61 Å². The van der Waals surface area contributed by atoms with Crippen LogP contribution >= 0.6 is 0 Å². The minimum Gasteiger partial charge on any atom is -0.291 e. The summed E-state index contributed by atoms with van der Waals surface area (Å²) < 4.78 is 15.5. The molecule has 0 aliphatic rings. The van der Waals surface area contributed by atoms with E-state index in [0.717, 1.165) is 12.8 Å². The molecule has 0 amide bonds. The van der Waals surface area contributed by atoms with Crippen molar-refractivity contribution in [1.29, 1.82) is 0 Å². The van der Waals surface area contributed by atoms with Crippen molar-refractivity contribution in [1.82, 2.24) is 0 Å². The third kappa shape index (κ3) is 4.80. The summed E-state index contributed by atoms with van der Waals surface area (Å²) in [6.45, 7) is 0.567. The molecule has 0 aliphatic carbocycles. The average molecular weight is 198 g/mol. The van der Waals surface area contributed by atoms with Crippen LogP contribution in [0.1, 0.15) is 12.0 Å². The lowest BCUT2D eigenvalue weighted by Gasteiger charge is -2.00. The second-order valence-corrected chi connectivity index (χ2v) is 3.85. The summed E-state index contributed by atoms with van der Waals surface area (Å²) in [5.41, 5.74) is 1.30. The molecule has 0 N–H and O–H groups in total. The van der Waals surface area contributed by atoms with Gasteiger partial charge in [0.2, 0.25) is 0 Å². The van der Waals surface area contributed by atoms with Gasteiger partial charge in [0.25, 0.3) is 0 Å². The van der Waals surface area contributed by atoms with E-state index in [-0.39, 0.29) is 0 Å². The third-order valence-corrected chi connectivity index (χ3v) is 2.20. The standard InChI is InChI=1S/C10H14O2S/c1-13(11)12-9-5-8-10-6-3-2-4-7-10/h2-4,6-7H,5,8-9H2,1H3. The molecule has 0 saturated carbocycles. The fourth-order valence-electron chi connectivity index (χ4n) is 1.10. The Morgan fingerprint density at radius 2 is 2.00 bits per heavy atom.